The second-order valence-corrected chi connectivity index (χ2v) is 7.65. The Morgan fingerprint density at radius 1 is 1.00 bits per heavy atom. The van der Waals surface area contributed by atoms with Gasteiger partial charge in [-0.05, 0) is 49.2 Å². The molecule has 0 radical (unpaired) electrons. The third-order valence-electron chi connectivity index (χ3n) is 3.99. The van der Waals surface area contributed by atoms with Crippen LogP contribution in [0.5, 0.6) is 0 Å². The lowest BCUT2D eigenvalue weighted by atomic mass is 10.2. The van der Waals surface area contributed by atoms with E-state index < -0.39 is 27.6 Å². The fourth-order valence-electron chi connectivity index (χ4n) is 2.66. The second-order valence-electron chi connectivity index (χ2n) is 5.71. The number of halogens is 2. The van der Waals surface area contributed by atoms with Crippen molar-refractivity contribution in [2.75, 3.05) is 18.4 Å². The monoisotopic (exact) mass is 366 g/mol. The van der Waals surface area contributed by atoms with Crippen LogP contribution in [0.2, 0.25) is 0 Å². The lowest BCUT2D eigenvalue weighted by molar-refractivity contribution is 0.102. The number of nitrogens with one attached hydrogen (secondary N) is 1. The van der Waals surface area contributed by atoms with Crippen molar-refractivity contribution in [2.45, 2.75) is 17.7 Å². The third-order valence-corrected chi connectivity index (χ3v) is 5.90. The van der Waals surface area contributed by atoms with E-state index in [0.29, 0.717) is 24.8 Å². The SMILES string of the molecule is O=C(Nc1ccc(S(=O)(=O)N2CCCC2)cc1)c1ccc(F)cc1F. The molecule has 8 heteroatoms. The highest BCUT2D eigenvalue weighted by Gasteiger charge is 2.27. The van der Waals surface area contributed by atoms with Crippen LogP contribution >= 0.6 is 0 Å². The van der Waals surface area contributed by atoms with Crippen molar-refractivity contribution in [3.05, 3.63) is 59.7 Å². The Morgan fingerprint density at radius 2 is 1.64 bits per heavy atom. The van der Waals surface area contributed by atoms with Gasteiger partial charge in [0.25, 0.3) is 5.91 Å². The summed E-state index contributed by atoms with van der Waals surface area (Å²) in [7, 11) is -3.53. The molecule has 0 atom stereocenters. The Balaban J connectivity index is 1.75. The molecule has 1 fully saturated rings. The Kier molecular flexibility index (Phi) is 4.82. The van der Waals surface area contributed by atoms with Gasteiger partial charge in [-0.3, -0.25) is 4.79 Å². The summed E-state index contributed by atoms with van der Waals surface area (Å²) in [5, 5.41) is 2.46. The average Bonchev–Trinajstić information content (AvgIpc) is 3.10. The normalized spacial score (nSPS) is 15.3. The zero-order valence-corrected chi connectivity index (χ0v) is 14.0. The molecule has 1 heterocycles. The molecular formula is C17H16F2N2O3S. The van der Waals surface area contributed by atoms with Gasteiger partial charge in [-0.1, -0.05) is 0 Å². The predicted octanol–water partition coefficient (Wildman–Crippen LogP) is 3.00. The molecule has 0 unspecified atom stereocenters. The number of hydrogen-bond donors (Lipinski definition) is 1. The number of benzene rings is 2. The maximum atomic E-state index is 13.6. The van der Waals surface area contributed by atoms with E-state index in [0.717, 1.165) is 25.0 Å². The van der Waals surface area contributed by atoms with E-state index in [4.69, 9.17) is 0 Å². The molecule has 1 aliphatic heterocycles. The Labute approximate surface area is 144 Å². The van der Waals surface area contributed by atoms with E-state index in [2.05, 4.69) is 5.32 Å². The molecule has 2 aromatic rings. The zero-order chi connectivity index (χ0) is 18.0. The van der Waals surface area contributed by atoms with Gasteiger partial charge in [0.15, 0.2) is 0 Å². The number of rotatable bonds is 4. The first-order valence-corrected chi connectivity index (χ1v) is 9.18. The number of hydrogen-bond acceptors (Lipinski definition) is 3. The fraction of sp³-hybridized carbons (Fsp3) is 0.235. The molecule has 0 bridgehead atoms. The number of carbonyl (C=O) groups is 1. The summed E-state index contributed by atoms with van der Waals surface area (Å²) < 4.78 is 52.8. The van der Waals surface area contributed by atoms with Crippen LogP contribution in [0.3, 0.4) is 0 Å². The summed E-state index contributed by atoms with van der Waals surface area (Å²) in [5.74, 6) is -2.48. The number of carbonyl (C=O) groups excluding carboxylic acids is 1. The van der Waals surface area contributed by atoms with Crippen molar-refractivity contribution in [3.63, 3.8) is 0 Å². The highest BCUT2D eigenvalue weighted by atomic mass is 32.2. The van der Waals surface area contributed by atoms with Crippen molar-refractivity contribution >= 4 is 21.6 Å². The first kappa shape index (κ1) is 17.5. The van der Waals surface area contributed by atoms with E-state index in [1.54, 1.807) is 0 Å². The number of nitrogens with zero attached hydrogens (tertiary/aromatic N) is 1. The van der Waals surface area contributed by atoms with Crippen molar-refractivity contribution in [2.24, 2.45) is 0 Å². The molecule has 0 aromatic heterocycles. The molecule has 132 valence electrons. The molecule has 5 nitrogen and oxygen atoms in total. The number of sulfonamides is 1. The lowest BCUT2D eigenvalue weighted by Crippen LogP contribution is -2.27. The van der Waals surface area contributed by atoms with Gasteiger partial charge in [-0.15, -0.1) is 0 Å². The Bertz CT molecular complexity index is 893. The Morgan fingerprint density at radius 3 is 2.24 bits per heavy atom. The standard InChI is InChI=1S/C17H16F2N2O3S/c18-12-3-8-15(16(19)11-12)17(22)20-13-4-6-14(7-5-13)25(23,24)21-9-1-2-10-21/h3-8,11H,1-2,9-10H2,(H,20,22). The Hall–Kier alpha value is -2.32. The van der Waals surface area contributed by atoms with Crippen molar-refractivity contribution in [3.8, 4) is 0 Å². The van der Waals surface area contributed by atoms with Crippen LogP contribution in [0.25, 0.3) is 0 Å². The van der Waals surface area contributed by atoms with E-state index in [1.807, 2.05) is 0 Å². The van der Waals surface area contributed by atoms with Gasteiger partial charge in [0.2, 0.25) is 10.0 Å². The van der Waals surface area contributed by atoms with Gasteiger partial charge in [0.05, 0.1) is 10.5 Å². The summed E-state index contributed by atoms with van der Waals surface area (Å²) in [6.07, 6.45) is 1.69. The highest BCUT2D eigenvalue weighted by molar-refractivity contribution is 7.89. The number of amides is 1. The molecule has 0 saturated carbocycles. The van der Waals surface area contributed by atoms with Crippen LogP contribution in [-0.2, 0) is 10.0 Å². The van der Waals surface area contributed by atoms with E-state index in [9.17, 15) is 22.0 Å². The maximum absolute atomic E-state index is 13.6. The molecule has 25 heavy (non-hydrogen) atoms. The first-order chi connectivity index (χ1) is 11.9. The molecule has 0 spiro atoms. The molecule has 0 aliphatic carbocycles. The summed E-state index contributed by atoms with van der Waals surface area (Å²) in [4.78, 5) is 12.2. The maximum Gasteiger partial charge on any atom is 0.258 e. The molecule has 1 aliphatic rings. The van der Waals surface area contributed by atoms with E-state index in [-0.39, 0.29) is 10.5 Å². The largest absolute Gasteiger partial charge is 0.322 e. The van der Waals surface area contributed by atoms with Gasteiger partial charge < -0.3 is 5.32 Å². The van der Waals surface area contributed by atoms with E-state index >= 15 is 0 Å². The zero-order valence-electron chi connectivity index (χ0n) is 13.2. The minimum Gasteiger partial charge on any atom is -0.322 e. The van der Waals surface area contributed by atoms with Crippen LogP contribution in [0.4, 0.5) is 14.5 Å². The van der Waals surface area contributed by atoms with Crippen LogP contribution in [0.1, 0.15) is 23.2 Å². The first-order valence-electron chi connectivity index (χ1n) is 7.74. The fourth-order valence-corrected chi connectivity index (χ4v) is 4.18. The minimum atomic E-state index is -3.53. The predicted molar refractivity (Wildman–Crippen MR) is 88.7 cm³/mol. The smallest absolute Gasteiger partial charge is 0.258 e. The topological polar surface area (TPSA) is 66.5 Å². The van der Waals surface area contributed by atoms with Crippen LogP contribution in [0, 0.1) is 11.6 Å². The second kappa shape index (κ2) is 6.89. The van der Waals surface area contributed by atoms with Crippen LogP contribution in [-0.4, -0.2) is 31.7 Å². The van der Waals surface area contributed by atoms with Crippen LogP contribution in [0.15, 0.2) is 47.4 Å². The molecule has 2 aromatic carbocycles. The average molecular weight is 366 g/mol. The molecule has 1 saturated heterocycles. The van der Waals surface area contributed by atoms with Crippen molar-refractivity contribution in [1.29, 1.82) is 0 Å². The molecular weight excluding hydrogens is 350 g/mol. The molecule has 1 amide bonds. The summed E-state index contributed by atoms with van der Waals surface area (Å²) in [6.45, 7) is 1.01. The van der Waals surface area contributed by atoms with Gasteiger partial charge in [-0.25, -0.2) is 17.2 Å². The highest BCUT2D eigenvalue weighted by Crippen LogP contribution is 2.22. The van der Waals surface area contributed by atoms with Crippen molar-refractivity contribution in [1.82, 2.24) is 4.31 Å². The van der Waals surface area contributed by atoms with Crippen LogP contribution < -0.4 is 5.32 Å². The van der Waals surface area contributed by atoms with Gasteiger partial charge >= 0.3 is 0 Å². The lowest BCUT2D eigenvalue weighted by Gasteiger charge is -2.15. The van der Waals surface area contributed by atoms with Gasteiger partial charge in [0.1, 0.15) is 11.6 Å². The molecule has 3 rings (SSSR count). The summed E-state index contributed by atoms with van der Waals surface area (Å²) in [6, 6.07) is 8.32. The quantitative estimate of drug-likeness (QED) is 0.905. The van der Waals surface area contributed by atoms with E-state index in [1.165, 1.54) is 28.6 Å². The van der Waals surface area contributed by atoms with Gasteiger partial charge in [0, 0.05) is 24.8 Å². The molecule has 1 N–H and O–H groups in total. The van der Waals surface area contributed by atoms with Gasteiger partial charge in [-0.2, -0.15) is 4.31 Å². The number of anilines is 1. The van der Waals surface area contributed by atoms with Crippen molar-refractivity contribution < 1.29 is 22.0 Å². The minimum absolute atomic E-state index is 0.139. The summed E-state index contributed by atoms with van der Waals surface area (Å²) >= 11 is 0. The third kappa shape index (κ3) is 3.69. The summed E-state index contributed by atoms with van der Waals surface area (Å²) in [5.41, 5.74) is 0.0178.